The van der Waals surface area contributed by atoms with Crippen LogP contribution in [-0.2, 0) is 4.74 Å². The normalized spacial score (nSPS) is 15.8. The second-order valence-corrected chi connectivity index (χ2v) is 7.43. The smallest absolute Gasteiger partial charge is 0.410 e. The number of likely N-dealkylation sites (tertiary alicyclic amines) is 1. The zero-order valence-electron chi connectivity index (χ0n) is 15.3. The number of nitro benzene ring substituents is 1. The van der Waals surface area contributed by atoms with Crippen molar-refractivity contribution in [3.05, 3.63) is 33.9 Å². The zero-order chi connectivity index (χ0) is 18.6. The van der Waals surface area contributed by atoms with Gasteiger partial charge >= 0.3 is 6.09 Å². The summed E-state index contributed by atoms with van der Waals surface area (Å²) in [6.07, 6.45) is 1.44. The third-order valence-electron chi connectivity index (χ3n) is 4.12. The minimum absolute atomic E-state index is 0.0954. The highest BCUT2D eigenvalue weighted by atomic mass is 16.6. The molecule has 7 heteroatoms. The predicted octanol–water partition coefficient (Wildman–Crippen LogP) is 3.93. The second kappa shape index (κ2) is 7.72. The van der Waals surface area contributed by atoms with Crippen LogP contribution in [0.5, 0.6) is 5.75 Å². The Hall–Kier alpha value is -2.31. The van der Waals surface area contributed by atoms with Crippen LogP contribution in [0.2, 0.25) is 0 Å². The van der Waals surface area contributed by atoms with Gasteiger partial charge in [-0.15, -0.1) is 0 Å². The van der Waals surface area contributed by atoms with Crippen LogP contribution in [0.1, 0.15) is 39.2 Å². The number of benzene rings is 1. The molecule has 1 heterocycles. The van der Waals surface area contributed by atoms with Gasteiger partial charge in [0.05, 0.1) is 11.5 Å². The average molecular weight is 350 g/mol. The summed E-state index contributed by atoms with van der Waals surface area (Å²) in [7, 11) is 0. The monoisotopic (exact) mass is 350 g/mol. The lowest BCUT2D eigenvalue weighted by Crippen LogP contribution is -2.42. The first-order valence-corrected chi connectivity index (χ1v) is 8.51. The molecule has 0 saturated carbocycles. The van der Waals surface area contributed by atoms with Crippen molar-refractivity contribution in [2.45, 2.75) is 46.1 Å². The Bertz CT molecular complexity index is 631. The number of carbonyl (C=O) groups excluding carboxylic acids is 1. The molecule has 0 radical (unpaired) electrons. The number of rotatable bonds is 4. The summed E-state index contributed by atoms with van der Waals surface area (Å²) in [5.41, 5.74) is 0.199. The molecule has 0 unspecified atom stereocenters. The van der Waals surface area contributed by atoms with Crippen molar-refractivity contribution < 1.29 is 19.2 Å². The number of hydrogen-bond donors (Lipinski definition) is 0. The standard InChI is InChI=1S/C18H26N2O5/c1-13-11-15(5-6-16(13)20(22)23)24-12-14-7-9-19(10-8-14)17(21)25-18(2,3)4/h5-6,11,14H,7-10,12H2,1-4H3. The molecular weight excluding hydrogens is 324 g/mol. The van der Waals surface area contributed by atoms with Crippen LogP contribution in [0.25, 0.3) is 0 Å². The van der Waals surface area contributed by atoms with E-state index in [1.165, 1.54) is 6.07 Å². The van der Waals surface area contributed by atoms with E-state index in [4.69, 9.17) is 9.47 Å². The first kappa shape index (κ1) is 19.0. The molecule has 1 aromatic carbocycles. The van der Waals surface area contributed by atoms with E-state index in [0.717, 1.165) is 12.8 Å². The summed E-state index contributed by atoms with van der Waals surface area (Å²) in [5.74, 6) is 0.992. The van der Waals surface area contributed by atoms with E-state index in [0.29, 0.717) is 36.9 Å². The van der Waals surface area contributed by atoms with Crippen molar-refractivity contribution in [2.24, 2.45) is 5.92 Å². The summed E-state index contributed by atoms with van der Waals surface area (Å²) >= 11 is 0. The number of amides is 1. The molecule has 1 fully saturated rings. The lowest BCUT2D eigenvalue weighted by molar-refractivity contribution is -0.385. The largest absolute Gasteiger partial charge is 0.493 e. The SMILES string of the molecule is Cc1cc(OCC2CCN(C(=O)OC(C)(C)C)CC2)ccc1[N+](=O)[O-]. The van der Waals surface area contributed by atoms with E-state index in [2.05, 4.69) is 0 Å². The number of piperidine rings is 1. The van der Waals surface area contributed by atoms with Crippen LogP contribution < -0.4 is 4.74 Å². The first-order valence-electron chi connectivity index (χ1n) is 8.51. The first-order chi connectivity index (χ1) is 11.7. The highest BCUT2D eigenvalue weighted by Gasteiger charge is 2.27. The van der Waals surface area contributed by atoms with Gasteiger partial charge in [-0.25, -0.2) is 4.79 Å². The van der Waals surface area contributed by atoms with E-state index in [-0.39, 0.29) is 11.8 Å². The van der Waals surface area contributed by atoms with Crippen molar-refractivity contribution in [3.63, 3.8) is 0 Å². The highest BCUT2D eigenvalue weighted by molar-refractivity contribution is 5.68. The molecule has 0 spiro atoms. The van der Waals surface area contributed by atoms with Gasteiger partial charge in [0.2, 0.25) is 0 Å². The van der Waals surface area contributed by atoms with E-state index in [1.807, 2.05) is 20.8 Å². The van der Waals surface area contributed by atoms with Gasteiger partial charge in [0, 0.05) is 24.7 Å². The Morgan fingerprint density at radius 2 is 1.96 bits per heavy atom. The summed E-state index contributed by atoms with van der Waals surface area (Å²) in [6, 6.07) is 4.78. The fourth-order valence-electron chi connectivity index (χ4n) is 2.75. The molecule has 1 aromatic rings. The lowest BCUT2D eigenvalue weighted by atomic mass is 9.98. The maximum atomic E-state index is 12.0. The van der Waals surface area contributed by atoms with E-state index < -0.39 is 10.5 Å². The van der Waals surface area contributed by atoms with E-state index in [9.17, 15) is 14.9 Å². The van der Waals surface area contributed by atoms with Crippen molar-refractivity contribution in [1.29, 1.82) is 0 Å². The van der Waals surface area contributed by atoms with Gasteiger partial charge in [0.1, 0.15) is 11.4 Å². The summed E-state index contributed by atoms with van der Waals surface area (Å²) in [6.45, 7) is 9.13. The quantitative estimate of drug-likeness (QED) is 0.607. The highest BCUT2D eigenvalue weighted by Crippen LogP contribution is 2.25. The third kappa shape index (κ3) is 5.62. The Balaban J connectivity index is 1.80. The van der Waals surface area contributed by atoms with Gasteiger partial charge in [-0.05, 0) is 58.6 Å². The number of nitrogens with zero attached hydrogens (tertiary/aromatic N) is 2. The fourth-order valence-corrected chi connectivity index (χ4v) is 2.75. The molecular formula is C18H26N2O5. The Labute approximate surface area is 148 Å². The maximum absolute atomic E-state index is 12.0. The molecule has 0 aliphatic carbocycles. The van der Waals surface area contributed by atoms with Crippen molar-refractivity contribution >= 4 is 11.8 Å². The molecule has 0 aromatic heterocycles. The van der Waals surface area contributed by atoms with Crippen molar-refractivity contribution in [1.82, 2.24) is 4.90 Å². The van der Waals surface area contributed by atoms with Crippen LogP contribution in [0.4, 0.5) is 10.5 Å². The Morgan fingerprint density at radius 3 is 2.48 bits per heavy atom. The molecule has 138 valence electrons. The van der Waals surface area contributed by atoms with Crippen molar-refractivity contribution in [2.75, 3.05) is 19.7 Å². The van der Waals surface area contributed by atoms with Gasteiger partial charge in [0.25, 0.3) is 5.69 Å². The Morgan fingerprint density at radius 1 is 1.32 bits per heavy atom. The van der Waals surface area contributed by atoms with Crippen LogP contribution in [0, 0.1) is 23.0 Å². The average Bonchev–Trinajstić information content (AvgIpc) is 2.51. The molecule has 2 rings (SSSR count). The van der Waals surface area contributed by atoms with E-state index in [1.54, 1.807) is 24.0 Å². The molecule has 1 saturated heterocycles. The van der Waals surface area contributed by atoms with Gasteiger partial charge in [-0.1, -0.05) is 0 Å². The fraction of sp³-hybridized carbons (Fsp3) is 0.611. The second-order valence-electron chi connectivity index (χ2n) is 7.43. The summed E-state index contributed by atoms with van der Waals surface area (Å²) < 4.78 is 11.2. The third-order valence-corrected chi connectivity index (χ3v) is 4.12. The molecule has 1 amide bonds. The summed E-state index contributed by atoms with van der Waals surface area (Å²) in [5, 5.41) is 10.8. The topological polar surface area (TPSA) is 81.9 Å². The van der Waals surface area contributed by atoms with Crippen molar-refractivity contribution in [3.8, 4) is 5.75 Å². The van der Waals surface area contributed by atoms with Gasteiger partial charge < -0.3 is 14.4 Å². The number of nitro groups is 1. The maximum Gasteiger partial charge on any atom is 0.410 e. The summed E-state index contributed by atoms with van der Waals surface area (Å²) in [4.78, 5) is 24.2. The number of ether oxygens (including phenoxy) is 2. The molecule has 1 aliphatic rings. The molecule has 1 aliphatic heterocycles. The van der Waals surface area contributed by atoms with Gasteiger partial charge in [-0.2, -0.15) is 0 Å². The Kier molecular flexibility index (Phi) is 5.87. The van der Waals surface area contributed by atoms with Crippen LogP contribution in [-0.4, -0.2) is 41.2 Å². The molecule has 0 atom stereocenters. The van der Waals surface area contributed by atoms with Crippen LogP contribution in [0.3, 0.4) is 0 Å². The predicted molar refractivity (Wildman–Crippen MR) is 93.9 cm³/mol. The van der Waals surface area contributed by atoms with Gasteiger partial charge in [-0.3, -0.25) is 10.1 Å². The lowest BCUT2D eigenvalue weighted by Gasteiger charge is -2.33. The minimum atomic E-state index is -0.481. The minimum Gasteiger partial charge on any atom is -0.493 e. The van der Waals surface area contributed by atoms with Crippen LogP contribution in [0.15, 0.2) is 18.2 Å². The molecule has 0 bridgehead atoms. The van der Waals surface area contributed by atoms with Crippen LogP contribution >= 0.6 is 0 Å². The van der Waals surface area contributed by atoms with Gasteiger partial charge in [0.15, 0.2) is 0 Å². The molecule has 7 nitrogen and oxygen atoms in total. The molecule has 0 N–H and O–H groups in total. The number of carbonyl (C=O) groups is 1. The number of hydrogen-bond acceptors (Lipinski definition) is 5. The van der Waals surface area contributed by atoms with E-state index >= 15 is 0 Å². The number of aryl methyl sites for hydroxylation is 1. The zero-order valence-corrected chi connectivity index (χ0v) is 15.3. The molecule has 25 heavy (non-hydrogen) atoms.